The first-order valence-electron chi connectivity index (χ1n) is 6.65. The predicted molar refractivity (Wildman–Crippen MR) is 83.2 cm³/mol. The van der Waals surface area contributed by atoms with Crippen LogP contribution in [-0.2, 0) is 6.54 Å². The van der Waals surface area contributed by atoms with Crippen LogP contribution in [0, 0.1) is 6.92 Å². The third kappa shape index (κ3) is 2.23. The molecule has 20 heavy (non-hydrogen) atoms. The van der Waals surface area contributed by atoms with Gasteiger partial charge < -0.3 is 15.0 Å². The van der Waals surface area contributed by atoms with Crippen LogP contribution in [-0.4, -0.2) is 11.7 Å². The van der Waals surface area contributed by atoms with Crippen molar-refractivity contribution in [3.8, 4) is 5.75 Å². The highest BCUT2D eigenvalue weighted by atomic mass is 16.5. The van der Waals surface area contributed by atoms with Gasteiger partial charge in [0.15, 0.2) is 0 Å². The number of hydrogen-bond donors (Lipinski definition) is 1. The predicted octanol–water partition coefficient (Wildman–Crippen LogP) is 3.59. The summed E-state index contributed by atoms with van der Waals surface area (Å²) in [6, 6.07) is 14.3. The number of methoxy groups -OCH3 is 1. The van der Waals surface area contributed by atoms with Crippen LogP contribution in [0.5, 0.6) is 5.75 Å². The van der Waals surface area contributed by atoms with Gasteiger partial charge in [-0.3, -0.25) is 0 Å². The maximum Gasteiger partial charge on any atom is 0.123 e. The van der Waals surface area contributed by atoms with Crippen LogP contribution in [0.25, 0.3) is 10.9 Å². The number of aryl methyl sites for hydroxylation is 1. The van der Waals surface area contributed by atoms with Gasteiger partial charge in [-0.1, -0.05) is 23.8 Å². The number of nitrogens with zero attached hydrogens (tertiary/aromatic N) is 1. The monoisotopic (exact) mass is 266 g/mol. The smallest absolute Gasteiger partial charge is 0.123 e. The molecule has 0 saturated carbocycles. The summed E-state index contributed by atoms with van der Waals surface area (Å²) in [6.45, 7) is 2.87. The fraction of sp³-hybridized carbons (Fsp3) is 0.176. The van der Waals surface area contributed by atoms with Crippen LogP contribution in [0.2, 0.25) is 0 Å². The number of aromatic nitrogens is 1. The Bertz CT molecular complexity index is 759. The Morgan fingerprint density at radius 1 is 1.10 bits per heavy atom. The van der Waals surface area contributed by atoms with Crippen LogP contribution in [0.3, 0.4) is 0 Å². The molecule has 0 aliphatic heterocycles. The summed E-state index contributed by atoms with van der Waals surface area (Å²) in [6.07, 6.45) is 2.09. The first kappa shape index (κ1) is 12.6. The lowest BCUT2D eigenvalue weighted by atomic mass is 10.1. The quantitative estimate of drug-likeness (QED) is 0.736. The van der Waals surface area contributed by atoms with Gasteiger partial charge in [-0.2, -0.15) is 0 Å². The Hall–Kier alpha value is -2.42. The average molecular weight is 266 g/mol. The molecule has 0 spiro atoms. The number of fused-ring (bicyclic) bond motifs is 1. The van der Waals surface area contributed by atoms with Gasteiger partial charge in [0.1, 0.15) is 5.75 Å². The van der Waals surface area contributed by atoms with E-state index in [9.17, 15) is 0 Å². The van der Waals surface area contributed by atoms with Crippen LogP contribution >= 0.6 is 0 Å². The maximum absolute atomic E-state index is 5.89. The third-order valence-corrected chi connectivity index (χ3v) is 3.57. The van der Waals surface area contributed by atoms with Gasteiger partial charge in [0, 0.05) is 17.4 Å². The van der Waals surface area contributed by atoms with E-state index in [4.69, 9.17) is 10.5 Å². The number of anilines is 1. The summed E-state index contributed by atoms with van der Waals surface area (Å²) >= 11 is 0. The zero-order chi connectivity index (χ0) is 14.1. The molecule has 0 saturated heterocycles. The van der Waals surface area contributed by atoms with Crippen molar-refractivity contribution in [1.29, 1.82) is 0 Å². The Labute approximate surface area is 118 Å². The fourth-order valence-electron chi connectivity index (χ4n) is 2.55. The second-order valence-corrected chi connectivity index (χ2v) is 5.08. The molecule has 0 aliphatic carbocycles. The van der Waals surface area contributed by atoms with Crippen molar-refractivity contribution < 1.29 is 4.74 Å². The second kappa shape index (κ2) is 4.93. The molecule has 0 aliphatic rings. The number of hydrogen-bond acceptors (Lipinski definition) is 2. The van der Waals surface area contributed by atoms with E-state index >= 15 is 0 Å². The van der Waals surface area contributed by atoms with E-state index in [2.05, 4.69) is 42.0 Å². The summed E-state index contributed by atoms with van der Waals surface area (Å²) in [7, 11) is 1.71. The Morgan fingerprint density at radius 2 is 1.95 bits per heavy atom. The number of nitrogens with two attached hydrogens (primary N) is 1. The molecule has 102 valence electrons. The van der Waals surface area contributed by atoms with Crippen molar-refractivity contribution in [3.05, 3.63) is 59.8 Å². The highest BCUT2D eigenvalue weighted by Crippen LogP contribution is 2.24. The molecule has 0 radical (unpaired) electrons. The van der Waals surface area contributed by atoms with E-state index in [0.29, 0.717) is 0 Å². The molecule has 3 nitrogen and oxygen atoms in total. The minimum atomic E-state index is 0.776. The molecule has 2 N–H and O–H groups in total. The molecule has 0 atom stereocenters. The SMILES string of the molecule is COc1ccc(C)cc1Cn1ccc2ccc(N)cc21. The molecule has 0 unspecified atom stereocenters. The number of rotatable bonds is 3. The molecule has 0 bridgehead atoms. The molecule has 0 fully saturated rings. The number of ether oxygens (including phenoxy) is 1. The van der Waals surface area contributed by atoms with Crippen molar-refractivity contribution in [1.82, 2.24) is 4.57 Å². The Kier molecular flexibility index (Phi) is 3.11. The minimum Gasteiger partial charge on any atom is -0.496 e. The van der Waals surface area contributed by atoms with E-state index in [-0.39, 0.29) is 0 Å². The summed E-state index contributed by atoms with van der Waals surface area (Å²) in [5.41, 5.74) is 10.2. The molecule has 1 heterocycles. The van der Waals surface area contributed by atoms with Gasteiger partial charge in [0.05, 0.1) is 19.2 Å². The van der Waals surface area contributed by atoms with Gasteiger partial charge >= 0.3 is 0 Å². The van der Waals surface area contributed by atoms with Crippen LogP contribution in [0.15, 0.2) is 48.7 Å². The van der Waals surface area contributed by atoms with Crippen LogP contribution in [0.1, 0.15) is 11.1 Å². The summed E-state index contributed by atoms with van der Waals surface area (Å²) in [4.78, 5) is 0. The van der Waals surface area contributed by atoms with Crippen molar-refractivity contribution in [2.75, 3.05) is 12.8 Å². The first-order valence-corrected chi connectivity index (χ1v) is 6.65. The molecule has 0 amide bonds. The van der Waals surface area contributed by atoms with Gasteiger partial charge in [-0.05, 0) is 36.6 Å². The van der Waals surface area contributed by atoms with E-state index in [1.807, 2.05) is 18.2 Å². The zero-order valence-electron chi connectivity index (χ0n) is 11.8. The molecular formula is C17H18N2O. The van der Waals surface area contributed by atoms with E-state index in [1.54, 1.807) is 7.11 Å². The zero-order valence-corrected chi connectivity index (χ0v) is 11.8. The summed E-state index contributed by atoms with van der Waals surface area (Å²) < 4.78 is 7.64. The molecule has 2 aromatic carbocycles. The third-order valence-electron chi connectivity index (χ3n) is 3.57. The summed E-state index contributed by atoms with van der Waals surface area (Å²) in [5.74, 6) is 0.918. The standard InChI is InChI=1S/C17H18N2O/c1-12-3-6-17(20-2)14(9-12)11-19-8-7-13-4-5-15(18)10-16(13)19/h3-10H,11,18H2,1-2H3. The highest BCUT2D eigenvalue weighted by Gasteiger charge is 2.07. The minimum absolute atomic E-state index is 0.776. The van der Waals surface area contributed by atoms with Crippen molar-refractivity contribution in [3.63, 3.8) is 0 Å². The van der Waals surface area contributed by atoms with Crippen molar-refractivity contribution in [2.24, 2.45) is 0 Å². The lowest BCUT2D eigenvalue weighted by Crippen LogP contribution is -2.01. The lowest BCUT2D eigenvalue weighted by molar-refractivity contribution is 0.408. The van der Waals surface area contributed by atoms with Gasteiger partial charge in [-0.15, -0.1) is 0 Å². The Balaban J connectivity index is 2.05. The highest BCUT2D eigenvalue weighted by molar-refractivity contribution is 5.83. The number of nitrogen functional groups attached to an aromatic ring is 1. The van der Waals surface area contributed by atoms with Gasteiger partial charge in [0.25, 0.3) is 0 Å². The van der Waals surface area contributed by atoms with Crippen molar-refractivity contribution in [2.45, 2.75) is 13.5 Å². The maximum atomic E-state index is 5.89. The van der Waals surface area contributed by atoms with Crippen molar-refractivity contribution >= 4 is 16.6 Å². The second-order valence-electron chi connectivity index (χ2n) is 5.08. The van der Waals surface area contributed by atoms with Crippen LogP contribution in [0.4, 0.5) is 5.69 Å². The van der Waals surface area contributed by atoms with Crippen LogP contribution < -0.4 is 10.5 Å². The molecular weight excluding hydrogens is 248 g/mol. The number of benzene rings is 2. The molecule has 3 rings (SSSR count). The van der Waals surface area contributed by atoms with E-state index in [1.165, 1.54) is 16.5 Å². The normalized spacial score (nSPS) is 10.9. The van der Waals surface area contributed by atoms with Gasteiger partial charge in [-0.25, -0.2) is 0 Å². The van der Waals surface area contributed by atoms with Gasteiger partial charge in [0.2, 0.25) is 0 Å². The molecule has 3 heteroatoms. The lowest BCUT2D eigenvalue weighted by Gasteiger charge is -2.11. The fourth-order valence-corrected chi connectivity index (χ4v) is 2.55. The topological polar surface area (TPSA) is 40.2 Å². The molecule has 3 aromatic rings. The largest absolute Gasteiger partial charge is 0.496 e. The summed E-state index contributed by atoms with van der Waals surface area (Å²) in [5, 5.41) is 1.20. The Morgan fingerprint density at radius 3 is 2.75 bits per heavy atom. The average Bonchev–Trinajstić information content (AvgIpc) is 2.82. The molecule has 1 aromatic heterocycles. The van der Waals surface area contributed by atoms with E-state index in [0.717, 1.165) is 23.5 Å². The first-order chi connectivity index (χ1) is 9.67. The van der Waals surface area contributed by atoms with E-state index < -0.39 is 0 Å².